The van der Waals surface area contributed by atoms with Crippen LogP contribution in [0.5, 0.6) is 0 Å². The monoisotopic (exact) mass is 441 g/mol. The zero-order valence-electron chi connectivity index (χ0n) is 17.8. The first-order chi connectivity index (χ1) is 15.9. The molecule has 0 radical (unpaired) electrons. The van der Waals surface area contributed by atoms with E-state index in [0.717, 1.165) is 16.9 Å². The molecule has 0 spiro atoms. The molecule has 4 aromatic rings. The van der Waals surface area contributed by atoms with Gasteiger partial charge in [0, 0.05) is 16.8 Å². The van der Waals surface area contributed by atoms with E-state index in [2.05, 4.69) is 36.3 Å². The van der Waals surface area contributed by atoms with Crippen LogP contribution in [0.4, 0.5) is 16.3 Å². The van der Waals surface area contributed by atoms with Gasteiger partial charge in [-0.05, 0) is 55.8 Å². The Labute approximate surface area is 188 Å². The van der Waals surface area contributed by atoms with Gasteiger partial charge in [-0.1, -0.05) is 29.4 Å². The molecular formula is C23H19N7O3. The third-order valence-electron chi connectivity index (χ3n) is 5.35. The lowest BCUT2D eigenvalue weighted by atomic mass is 9.91. The first-order valence-corrected chi connectivity index (χ1v) is 10.2. The molecule has 3 amide bonds. The second kappa shape index (κ2) is 7.83. The highest BCUT2D eigenvalue weighted by Crippen LogP contribution is 2.29. The predicted octanol–water partition coefficient (Wildman–Crippen LogP) is 3.30. The average Bonchev–Trinajstić information content (AvgIpc) is 3.41. The summed E-state index contributed by atoms with van der Waals surface area (Å²) in [5, 5.41) is 20.4. The van der Waals surface area contributed by atoms with E-state index >= 15 is 0 Å². The first kappa shape index (κ1) is 20.3. The molecule has 1 unspecified atom stereocenters. The maximum Gasteiger partial charge on any atom is 0.322 e. The zero-order chi connectivity index (χ0) is 23.0. The molecule has 1 aliphatic heterocycles. The Hall–Kier alpha value is -4.60. The zero-order valence-corrected chi connectivity index (χ0v) is 17.8. The predicted molar refractivity (Wildman–Crippen MR) is 119 cm³/mol. The number of hydrogen-bond acceptors (Lipinski definition) is 8. The van der Waals surface area contributed by atoms with Crippen molar-refractivity contribution in [1.82, 2.24) is 31.0 Å². The summed E-state index contributed by atoms with van der Waals surface area (Å²) in [5.74, 6) is 0.911. The number of amides is 3. The number of carbonyl (C=O) groups is 2. The molecule has 164 valence electrons. The Balaban J connectivity index is 1.41. The summed E-state index contributed by atoms with van der Waals surface area (Å²) in [7, 11) is 0. The molecule has 0 aliphatic carbocycles. The van der Waals surface area contributed by atoms with Crippen LogP contribution < -0.4 is 16.0 Å². The third-order valence-corrected chi connectivity index (χ3v) is 5.35. The molecule has 2 aromatic carbocycles. The van der Waals surface area contributed by atoms with Crippen molar-refractivity contribution in [3.8, 4) is 22.8 Å². The maximum atomic E-state index is 12.3. The van der Waals surface area contributed by atoms with Crippen molar-refractivity contribution in [2.45, 2.75) is 19.4 Å². The summed E-state index contributed by atoms with van der Waals surface area (Å²) in [6, 6.07) is 17.8. The largest absolute Gasteiger partial charge is 0.339 e. The Morgan fingerprint density at radius 1 is 0.970 bits per heavy atom. The molecule has 10 nitrogen and oxygen atoms in total. The van der Waals surface area contributed by atoms with Crippen LogP contribution >= 0.6 is 0 Å². The van der Waals surface area contributed by atoms with E-state index in [4.69, 9.17) is 4.52 Å². The number of nitrogens with one attached hydrogen (secondary N) is 3. The molecule has 0 bridgehead atoms. The van der Waals surface area contributed by atoms with E-state index in [-0.39, 0.29) is 0 Å². The van der Waals surface area contributed by atoms with E-state index in [0.29, 0.717) is 28.7 Å². The number of urea groups is 1. The number of anilines is 2. The molecule has 1 aliphatic rings. The van der Waals surface area contributed by atoms with Gasteiger partial charge in [0.2, 0.25) is 5.82 Å². The van der Waals surface area contributed by atoms with E-state index in [9.17, 15) is 9.59 Å². The number of rotatable bonds is 5. The lowest BCUT2D eigenvalue weighted by molar-refractivity contribution is -0.123. The number of carbonyl (C=O) groups excluding carboxylic acids is 2. The van der Waals surface area contributed by atoms with Gasteiger partial charge in [0.25, 0.3) is 11.8 Å². The van der Waals surface area contributed by atoms with Crippen LogP contribution in [0, 0.1) is 6.92 Å². The van der Waals surface area contributed by atoms with Gasteiger partial charge in [0.1, 0.15) is 5.54 Å². The lowest BCUT2D eigenvalue weighted by Crippen LogP contribution is -2.40. The Bertz CT molecular complexity index is 1370. The molecule has 1 fully saturated rings. The summed E-state index contributed by atoms with van der Waals surface area (Å²) in [4.78, 5) is 28.4. The summed E-state index contributed by atoms with van der Waals surface area (Å²) < 4.78 is 5.49. The number of aromatic nitrogens is 4. The minimum atomic E-state index is -1.17. The molecule has 2 aromatic heterocycles. The maximum absolute atomic E-state index is 12.3. The third kappa shape index (κ3) is 3.89. The standard InChI is InChI=1S/C23H19N7O3/c1-13-9-10-18(29-28-13)24-17-8-4-6-15(12-17)20-25-19(30-33-20)14-5-3-7-16(11-14)23(2)21(31)26-22(32)27-23/h3-12H,1-2H3,(H,24,29)(H2,26,27,31,32). The van der Waals surface area contributed by atoms with Gasteiger partial charge in [-0.25, -0.2) is 4.79 Å². The van der Waals surface area contributed by atoms with Crippen molar-refractivity contribution in [3.05, 3.63) is 71.9 Å². The highest BCUT2D eigenvalue weighted by molar-refractivity contribution is 6.07. The van der Waals surface area contributed by atoms with Gasteiger partial charge in [0.15, 0.2) is 5.82 Å². The van der Waals surface area contributed by atoms with Crippen LogP contribution in [-0.2, 0) is 10.3 Å². The van der Waals surface area contributed by atoms with Crippen LogP contribution in [0.1, 0.15) is 18.2 Å². The Morgan fingerprint density at radius 2 is 1.79 bits per heavy atom. The van der Waals surface area contributed by atoms with Gasteiger partial charge in [0.05, 0.1) is 5.69 Å². The Kier molecular flexibility index (Phi) is 4.82. The lowest BCUT2D eigenvalue weighted by Gasteiger charge is -2.21. The highest BCUT2D eigenvalue weighted by atomic mass is 16.5. The van der Waals surface area contributed by atoms with Gasteiger partial charge in [-0.2, -0.15) is 10.1 Å². The number of aryl methyl sites for hydroxylation is 1. The summed E-state index contributed by atoms with van der Waals surface area (Å²) in [6.07, 6.45) is 0. The first-order valence-electron chi connectivity index (χ1n) is 10.2. The van der Waals surface area contributed by atoms with E-state index in [1.54, 1.807) is 25.1 Å². The summed E-state index contributed by atoms with van der Waals surface area (Å²) in [5.41, 5.74) is 2.45. The molecular weight excluding hydrogens is 422 g/mol. The van der Waals surface area contributed by atoms with Gasteiger partial charge in [-0.3, -0.25) is 10.1 Å². The fourth-order valence-electron chi connectivity index (χ4n) is 3.52. The minimum absolute atomic E-state index is 0.340. The normalized spacial score (nSPS) is 17.5. The SMILES string of the molecule is Cc1ccc(Nc2cccc(-c3nc(-c4cccc(C5(C)NC(=O)NC5=O)c4)no3)c2)nn1. The van der Waals surface area contributed by atoms with Crippen molar-refractivity contribution in [3.63, 3.8) is 0 Å². The molecule has 0 saturated carbocycles. The molecule has 1 atom stereocenters. The number of benzene rings is 2. The highest BCUT2D eigenvalue weighted by Gasteiger charge is 2.43. The second-order valence-electron chi connectivity index (χ2n) is 7.80. The van der Waals surface area contributed by atoms with Crippen molar-refractivity contribution >= 4 is 23.4 Å². The van der Waals surface area contributed by atoms with Crippen molar-refractivity contribution in [2.75, 3.05) is 5.32 Å². The number of hydrogen-bond donors (Lipinski definition) is 3. The Morgan fingerprint density at radius 3 is 2.55 bits per heavy atom. The number of nitrogens with zero attached hydrogens (tertiary/aromatic N) is 4. The molecule has 3 heterocycles. The van der Waals surface area contributed by atoms with E-state index < -0.39 is 17.5 Å². The van der Waals surface area contributed by atoms with Gasteiger partial charge < -0.3 is 15.2 Å². The van der Waals surface area contributed by atoms with Crippen LogP contribution in [0.2, 0.25) is 0 Å². The van der Waals surface area contributed by atoms with E-state index in [1.807, 2.05) is 49.4 Å². The fraction of sp³-hybridized carbons (Fsp3) is 0.130. The fourth-order valence-corrected chi connectivity index (χ4v) is 3.52. The molecule has 3 N–H and O–H groups in total. The second-order valence-corrected chi connectivity index (χ2v) is 7.80. The van der Waals surface area contributed by atoms with E-state index in [1.165, 1.54) is 0 Å². The summed E-state index contributed by atoms with van der Waals surface area (Å²) >= 11 is 0. The molecule has 1 saturated heterocycles. The van der Waals surface area contributed by atoms with Crippen LogP contribution in [0.3, 0.4) is 0 Å². The van der Waals surface area contributed by atoms with Crippen LogP contribution in [0.25, 0.3) is 22.8 Å². The number of imide groups is 1. The van der Waals surface area contributed by atoms with Gasteiger partial charge in [-0.15, -0.1) is 5.10 Å². The van der Waals surface area contributed by atoms with Gasteiger partial charge >= 0.3 is 6.03 Å². The smallest absolute Gasteiger partial charge is 0.322 e. The average molecular weight is 441 g/mol. The van der Waals surface area contributed by atoms with Crippen molar-refractivity contribution in [2.24, 2.45) is 0 Å². The molecule has 33 heavy (non-hydrogen) atoms. The molecule has 10 heteroatoms. The quantitative estimate of drug-likeness (QED) is 0.402. The van der Waals surface area contributed by atoms with Crippen molar-refractivity contribution in [1.29, 1.82) is 0 Å². The topological polar surface area (TPSA) is 135 Å². The molecule has 5 rings (SSSR count). The minimum Gasteiger partial charge on any atom is -0.339 e. The van der Waals surface area contributed by atoms with Crippen molar-refractivity contribution < 1.29 is 14.1 Å². The van der Waals surface area contributed by atoms with Crippen LogP contribution in [-0.4, -0.2) is 32.3 Å². The van der Waals surface area contributed by atoms with Crippen LogP contribution in [0.15, 0.2) is 65.2 Å². The summed E-state index contributed by atoms with van der Waals surface area (Å²) in [6.45, 7) is 3.52.